The zero-order chi connectivity index (χ0) is 15.8. The molecule has 1 atom stereocenters. The highest BCUT2D eigenvalue weighted by Gasteiger charge is 2.39. The third-order valence-electron chi connectivity index (χ3n) is 3.43. The van der Waals surface area contributed by atoms with Crippen molar-refractivity contribution in [2.45, 2.75) is 18.4 Å². The summed E-state index contributed by atoms with van der Waals surface area (Å²) < 4.78 is 46.3. The second kappa shape index (κ2) is 5.17. The number of halogens is 3. The molecule has 1 aliphatic heterocycles. The van der Waals surface area contributed by atoms with Crippen LogP contribution >= 0.6 is 0 Å². The average Bonchev–Trinajstić information content (AvgIpc) is 2.46. The molecule has 0 fully saturated rings. The number of aromatic nitrogens is 1. The van der Waals surface area contributed by atoms with Gasteiger partial charge >= 0.3 is 6.36 Å². The van der Waals surface area contributed by atoms with E-state index in [1.54, 1.807) is 12.1 Å². The zero-order valence-electron chi connectivity index (χ0n) is 11.3. The Morgan fingerprint density at radius 1 is 1.23 bits per heavy atom. The van der Waals surface area contributed by atoms with Gasteiger partial charge < -0.3 is 14.6 Å². The first kappa shape index (κ1) is 14.6. The minimum atomic E-state index is -4.78. The van der Waals surface area contributed by atoms with Crippen LogP contribution in [-0.2, 0) is 5.60 Å². The topological polar surface area (TPSA) is 51.6 Å². The van der Waals surface area contributed by atoms with Gasteiger partial charge in [-0.15, -0.1) is 13.2 Å². The molecule has 0 saturated heterocycles. The molecule has 1 unspecified atom stereocenters. The van der Waals surface area contributed by atoms with Crippen LogP contribution in [0.4, 0.5) is 13.2 Å². The van der Waals surface area contributed by atoms with Gasteiger partial charge in [0.1, 0.15) is 22.8 Å². The molecule has 4 nitrogen and oxygen atoms in total. The quantitative estimate of drug-likeness (QED) is 0.926. The number of pyridine rings is 1. The predicted molar refractivity (Wildman–Crippen MR) is 70.5 cm³/mol. The molecular weight excluding hydrogens is 299 g/mol. The Morgan fingerprint density at radius 2 is 2.05 bits per heavy atom. The number of fused-ring (bicyclic) bond motifs is 1. The lowest BCUT2D eigenvalue weighted by molar-refractivity contribution is -0.274. The number of nitrogens with zero attached hydrogens (tertiary/aromatic N) is 1. The molecule has 22 heavy (non-hydrogen) atoms. The Hall–Kier alpha value is -2.28. The first-order valence-electron chi connectivity index (χ1n) is 6.55. The van der Waals surface area contributed by atoms with Gasteiger partial charge in [0.25, 0.3) is 0 Å². The first-order chi connectivity index (χ1) is 10.4. The van der Waals surface area contributed by atoms with E-state index in [0.29, 0.717) is 5.75 Å². The van der Waals surface area contributed by atoms with Gasteiger partial charge in [0.05, 0.1) is 6.61 Å². The molecule has 3 rings (SSSR count). The Labute approximate surface area is 124 Å². The highest BCUT2D eigenvalue weighted by molar-refractivity contribution is 5.44. The van der Waals surface area contributed by atoms with Crippen molar-refractivity contribution in [3.63, 3.8) is 0 Å². The maximum Gasteiger partial charge on any atom is 0.573 e. The molecule has 7 heteroatoms. The second-order valence-electron chi connectivity index (χ2n) is 4.88. The molecule has 2 heterocycles. The predicted octanol–water partition coefficient (Wildman–Crippen LogP) is 3.00. The zero-order valence-corrected chi connectivity index (χ0v) is 11.3. The second-order valence-corrected chi connectivity index (χ2v) is 4.88. The van der Waals surface area contributed by atoms with Crippen LogP contribution in [0.25, 0.3) is 0 Å². The standard InChI is InChI=1S/C15H12F3NO3/c16-15(17,18)22-11-4-1-3-10(9-11)14(20)6-8-21-12-5-2-7-19-13(12)14/h1-5,7,9,20H,6,8H2. The Bertz CT molecular complexity index is 690. The number of hydrogen-bond donors (Lipinski definition) is 1. The Kier molecular flexibility index (Phi) is 3.44. The van der Waals surface area contributed by atoms with Gasteiger partial charge in [0, 0.05) is 12.6 Å². The van der Waals surface area contributed by atoms with Crippen LogP contribution in [0.3, 0.4) is 0 Å². The molecule has 116 valence electrons. The Balaban J connectivity index is 2.02. The van der Waals surface area contributed by atoms with E-state index in [1.165, 1.54) is 24.4 Å². The summed E-state index contributed by atoms with van der Waals surface area (Å²) >= 11 is 0. The van der Waals surface area contributed by atoms with E-state index in [2.05, 4.69) is 9.72 Å². The van der Waals surface area contributed by atoms with Crippen molar-refractivity contribution in [1.29, 1.82) is 0 Å². The molecule has 0 amide bonds. The number of alkyl halides is 3. The van der Waals surface area contributed by atoms with Crippen LogP contribution in [-0.4, -0.2) is 23.1 Å². The molecule has 1 N–H and O–H groups in total. The van der Waals surface area contributed by atoms with Crippen molar-refractivity contribution < 1.29 is 27.8 Å². The van der Waals surface area contributed by atoms with E-state index in [0.717, 1.165) is 6.07 Å². The van der Waals surface area contributed by atoms with Gasteiger partial charge in [-0.3, -0.25) is 4.98 Å². The molecule has 0 spiro atoms. The van der Waals surface area contributed by atoms with Crippen LogP contribution in [0.1, 0.15) is 17.7 Å². The SMILES string of the molecule is OC1(c2cccc(OC(F)(F)F)c2)CCOc2cccnc21. The van der Waals surface area contributed by atoms with Crippen molar-refractivity contribution in [3.05, 3.63) is 53.9 Å². The van der Waals surface area contributed by atoms with Gasteiger partial charge in [-0.05, 0) is 29.8 Å². The third kappa shape index (κ3) is 2.71. The normalized spacial score (nSPS) is 20.9. The van der Waals surface area contributed by atoms with Crippen LogP contribution in [0.2, 0.25) is 0 Å². The molecule has 1 aliphatic rings. The minimum absolute atomic E-state index is 0.187. The number of aliphatic hydroxyl groups is 1. The summed E-state index contributed by atoms with van der Waals surface area (Å²) in [5.41, 5.74) is -0.956. The molecule has 0 saturated carbocycles. The van der Waals surface area contributed by atoms with E-state index in [1.807, 2.05) is 0 Å². The maximum atomic E-state index is 12.3. The molecule has 0 aliphatic carbocycles. The molecule has 1 aromatic heterocycles. The fraction of sp³-hybridized carbons (Fsp3) is 0.267. The van der Waals surface area contributed by atoms with Crippen molar-refractivity contribution in [1.82, 2.24) is 4.98 Å². The summed E-state index contributed by atoms with van der Waals surface area (Å²) in [7, 11) is 0. The van der Waals surface area contributed by atoms with E-state index in [-0.39, 0.29) is 30.0 Å². The molecule has 2 aromatic rings. The van der Waals surface area contributed by atoms with E-state index in [9.17, 15) is 18.3 Å². The fourth-order valence-electron chi connectivity index (χ4n) is 2.48. The van der Waals surface area contributed by atoms with Crippen molar-refractivity contribution in [2.24, 2.45) is 0 Å². The lowest BCUT2D eigenvalue weighted by Crippen LogP contribution is -2.35. The summed E-state index contributed by atoms with van der Waals surface area (Å²) in [6.45, 7) is 0.236. The molecule has 0 bridgehead atoms. The lowest BCUT2D eigenvalue weighted by Gasteiger charge is -2.33. The highest BCUT2D eigenvalue weighted by Crippen LogP contribution is 2.41. The summed E-state index contributed by atoms with van der Waals surface area (Å²) in [5.74, 6) is 0.0285. The lowest BCUT2D eigenvalue weighted by atomic mass is 9.85. The van der Waals surface area contributed by atoms with Crippen LogP contribution in [0.5, 0.6) is 11.5 Å². The smallest absolute Gasteiger partial charge is 0.491 e. The molecule has 0 radical (unpaired) electrons. The van der Waals surface area contributed by atoms with Crippen LogP contribution in [0.15, 0.2) is 42.6 Å². The monoisotopic (exact) mass is 311 g/mol. The van der Waals surface area contributed by atoms with E-state index in [4.69, 9.17) is 4.74 Å². The van der Waals surface area contributed by atoms with Gasteiger partial charge in [-0.2, -0.15) is 0 Å². The van der Waals surface area contributed by atoms with E-state index >= 15 is 0 Å². The number of ether oxygens (including phenoxy) is 2. The summed E-state index contributed by atoms with van der Waals surface area (Å²) in [6.07, 6.45) is -3.10. The fourth-order valence-corrected chi connectivity index (χ4v) is 2.48. The van der Waals surface area contributed by atoms with Crippen LogP contribution in [0, 0.1) is 0 Å². The van der Waals surface area contributed by atoms with Crippen LogP contribution < -0.4 is 9.47 Å². The number of hydrogen-bond acceptors (Lipinski definition) is 4. The van der Waals surface area contributed by atoms with Gasteiger partial charge in [-0.25, -0.2) is 0 Å². The van der Waals surface area contributed by atoms with Crippen molar-refractivity contribution in [3.8, 4) is 11.5 Å². The van der Waals surface area contributed by atoms with Gasteiger partial charge in [0.2, 0.25) is 0 Å². The van der Waals surface area contributed by atoms with Crippen molar-refractivity contribution in [2.75, 3.05) is 6.61 Å². The van der Waals surface area contributed by atoms with Gasteiger partial charge in [-0.1, -0.05) is 12.1 Å². The largest absolute Gasteiger partial charge is 0.573 e. The highest BCUT2D eigenvalue weighted by atomic mass is 19.4. The summed E-state index contributed by atoms with van der Waals surface area (Å²) in [5, 5.41) is 10.9. The van der Waals surface area contributed by atoms with E-state index < -0.39 is 12.0 Å². The van der Waals surface area contributed by atoms with Crippen molar-refractivity contribution >= 4 is 0 Å². The molecular formula is C15H12F3NO3. The van der Waals surface area contributed by atoms with Gasteiger partial charge in [0.15, 0.2) is 0 Å². The summed E-state index contributed by atoms with van der Waals surface area (Å²) in [6, 6.07) is 8.59. The number of rotatable bonds is 2. The third-order valence-corrected chi connectivity index (χ3v) is 3.43. The average molecular weight is 311 g/mol. The first-order valence-corrected chi connectivity index (χ1v) is 6.55. The summed E-state index contributed by atoms with van der Waals surface area (Å²) in [4.78, 5) is 4.12. The minimum Gasteiger partial charge on any atom is -0.491 e. The Morgan fingerprint density at radius 3 is 2.82 bits per heavy atom. The number of benzene rings is 1. The maximum absolute atomic E-state index is 12.3. The molecule has 1 aromatic carbocycles.